The first-order valence-corrected chi connectivity index (χ1v) is 11.2. The molecule has 1 aromatic carbocycles. The molecular weight excluding hydrogens is 444 g/mol. The van der Waals surface area contributed by atoms with Crippen LogP contribution in [0, 0.1) is 11.6 Å². The molecule has 0 N–H and O–H groups in total. The van der Waals surface area contributed by atoms with Crippen LogP contribution in [-0.2, 0) is 17.7 Å². The number of hydrogen-bond donors (Lipinski definition) is 0. The van der Waals surface area contributed by atoms with Crippen molar-refractivity contribution in [3.63, 3.8) is 0 Å². The number of fused-ring (bicyclic) bond motifs is 2. The molecule has 8 nitrogen and oxygen atoms in total. The summed E-state index contributed by atoms with van der Waals surface area (Å²) < 4.78 is 35.7. The summed E-state index contributed by atoms with van der Waals surface area (Å²) in [5.74, 6) is -0.686. The van der Waals surface area contributed by atoms with Gasteiger partial charge in [0.2, 0.25) is 0 Å². The van der Waals surface area contributed by atoms with Crippen LogP contribution in [0.2, 0.25) is 0 Å². The Bertz CT molecular complexity index is 1330. The highest BCUT2D eigenvalue weighted by Crippen LogP contribution is 2.34. The van der Waals surface area contributed by atoms with Gasteiger partial charge < -0.3 is 19.4 Å². The van der Waals surface area contributed by atoms with Crippen LogP contribution in [-0.4, -0.2) is 67.1 Å². The Hall–Kier alpha value is -3.53. The van der Waals surface area contributed by atoms with Crippen LogP contribution in [0.3, 0.4) is 0 Å². The van der Waals surface area contributed by atoms with Gasteiger partial charge in [0.05, 0.1) is 24.5 Å². The number of ether oxygens (including phenoxy) is 1. The van der Waals surface area contributed by atoms with Crippen molar-refractivity contribution in [3.05, 3.63) is 69.1 Å². The first kappa shape index (κ1) is 22.3. The number of anilines is 2. The number of hydrogen-bond acceptors (Lipinski definition) is 6. The van der Waals surface area contributed by atoms with E-state index in [2.05, 4.69) is 0 Å². The molecule has 178 valence electrons. The Labute approximate surface area is 195 Å². The zero-order valence-electron chi connectivity index (χ0n) is 19.1. The SMILES string of the molecule is CN(C)C(=O)c1cc(CN2CCc3c(F)ccc(F)c32)c2nc(N3CCOCC3)cc(=O)n2c1. The summed E-state index contributed by atoms with van der Waals surface area (Å²) in [6, 6.07) is 5.39. The summed E-state index contributed by atoms with van der Waals surface area (Å²) in [5.41, 5.74) is 1.51. The van der Waals surface area contributed by atoms with E-state index >= 15 is 0 Å². The zero-order valence-corrected chi connectivity index (χ0v) is 19.1. The molecule has 0 bridgehead atoms. The Kier molecular flexibility index (Phi) is 5.68. The van der Waals surface area contributed by atoms with Crippen molar-refractivity contribution >= 4 is 23.1 Å². The van der Waals surface area contributed by atoms with Crippen molar-refractivity contribution < 1.29 is 18.3 Å². The number of carbonyl (C=O) groups is 1. The average molecular weight is 469 g/mol. The van der Waals surface area contributed by atoms with Gasteiger partial charge in [0.25, 0.3) is 11.5 Å². The minimum Gasteiger partial charge on any atom is -0.378 e. The van der Waals surface area contributed by atoms with E-state index in [4.69, 9.17) is 9.72 Å². The maximum absolute atomic E-state index is 14.7. The molecule has 2 aliphatic rings. The van der Waals surface area contributed by atoms with Gasteiger partial charge in [-0.3, -0.25) is 14.0 Å². The molecule has 10 heteroatoms. The molecule has 0 saturated carbocycles. The number of nitrogens with zero attached hydrogens (tertiary/aromatic N) is 5. The van der Waals surface area contributed by atoms with Crippen LogP contribution < -0.4 is 15.4 Å². The van der Waals surface area contributed by atoms with E-state index in [1.165, 1.54) is 21.6 Å². The molecule has 1 fully saturated rings. The molecular formula is C24H25F2N5O3. The van der Waals surface area contributed by atoms with Crippen LogP contribution in [0.25, 0.3) is 5.65 Å². The third kappa shape index (κ3) is 3.87. The first-order chi connectivity index (χ1) is 16.3. The van der Waals surface area contributed by atoms with E-state index in [-0.39, 0.29) is 23.7 Å². The van der Waals surface area contributed by atoms with E-state index in [0.29, 0.717) is 67.4 Å². The van der Waals surface area contributed by atoms with E-state index in [1.807, 2.05) is 4.90 Å². The third-order valence-electron chi connectivity index (χ3n) is 6.30. The maximum atomic E-state index is 14.7. The van der Waals surface area contributed by atoms with E-state index in [9.17, 15) is 18.4 Å². The molecule has 0 unspecified atom stereocenters. The molecule has 5 rings (SSSR count). The lowest BCUT2D eigenvalue weighted by atomic mass is 10.1. The van der Waals surface area contributed by atoms with Gasteiger partial charge in [0.1, 0.15) is 23.1 Å². The fourth-order valence-electron chi connectivity index (χ4n) is 4.59. The lowest BCUT2D eigenvalue weighted by molar-refractivity contribution is 0.0827. The second kappa shape index (κ2) is 8.68. The molecule has 34 heavy (non-hydrogen) atoms. The topological polar surface area (TPSA) is 70.4 Å². The van der Waals surface area contributed by atoms with E-state index < -0.39 is 11.6 Å². The predicted octanol–water partition coefficient (Wildman–Crippen LogP) is 2.07. The van der Waals surface area contributed by atoms with Gasteiger partial charge in [-0.1, -0.05) is 0 Å². The molecule has 0 aliphatic carbocycles. The molecule has 4 heterocycles. The predicted molar refractivity (Wildman–Crippen MR) is 124 cm³/mol. The first-order valence-electron chi connectivity index (χ1n) is 11.2. The van der Waals surface area contributed by atoms with Gasteiger partial charge in [0.15, 0.2) is 0 Å². The minimum atomic E-state index is -0.502. The molecule has 0 spiro atoms. The smallest absolute Gasteiger partial charge is 0.259 e. The van der Waals surface area contributed by atoms with Gasteiger partial charge in [-0.2, -0.15) is 0 Å². The van der Waals surface area contributed by atoms with Gasteiger partial charge in [0, 0.05) is 63.7 Å². The lowest BCUT2D eigenvalue weighted by Gasteiger charge is -2.28. The van der Waals surface area contributed by atoms with Crippen molar-refractivity contribution in [1.29, 1.82) is 0 Å². The fourth-order valence-corrected chi connectivity index (χ4v) is 4.59. The molecule has 1 amide bonds. The van der Waals surface area contributed by atoms with Crippen molar-refractivity contribution in [2.24, 2.45) is 0 Å². The summed E-state index contributed by atoms with van der Waals surface area (Å²) in [6.45, 7) is 2.89. The molecule has 2 aliphatic heterocycles. The second-order valence-corrected chi connectivity index (χ2v) is 8.73. The average Bonchev–Trinajstić information content (AvgIpc) is 3.26. The van der Waals surface area contributed by atoms with Gasteiger partial charge >= 0.3 is 0 Å². The van der Waals surface area contributed by atoms with Gasteiger partial charge in [-0.05, 0) is 24.6 Å². The minimum absolute atomic E-state index is 0.171. The Morgan fingerprint density at radius 1 is 1.12 bits per heavy atom. The van der Waals surface area contributed by atoms with Gasteiger partial charge in [-0.15, -0.1) is 0 Å². The number of morpholine rings is 1. The largest absolute Gasteiger partial charge is 0.378 e. The number of aromatic nitrogens is 2. The van der Waals surface area contributed by atoms with Crippen molar-refractivity contribution in [2.75, 3.05) is 56.7 Å². The quantitative estimate of drug-likeness (QED) is 0.583. The van der Waals surface area contributed by atoms with Crippen LogP contribution in [0.1, 0.15) is 21.5 Å². The standard InChI is InChI=1S/C24H25F2N5O3/c1-28(2)24(33)16-11-15(13-30-6-5-17-18(25)3-4-19(26)22(17)30)23-27-20(12-21(32)31(23)14-16)29-7-9-34-10-8-29/h3-4,11-12,14H,5-10,13H2,1-2H3. The van der Waals surface area contributed by atoms with Crippen LogP contribution in [0.5, 0.6) is 0 Å². The number of pyridine rings is 1. The number of amides is 1. The van der Waals surface area contributed by atoms with Gasteiger partial charge in [-0.25, -0.2) is 13.8 Å². The highest BCUT2D eigenvalue weighted by Gasteiger charge is 2.27. The molecule has 0 radical (unpaired) electrons. The normalized spacial score (nSPS) is 15.6. The summed E-state index contributed by atoms with van der Waals surface area (Å²) in [4.78, 5) is 35.7. The molecule has 0 atom stereocenters. The lowest BCUT2D eigenvalue weighted by Crippen LogP contribution is -2.37. The second-order valence-electron chi connectivity index (χ2n) is 8.73. The summed E-state index contributed by atoms with van der Waals surface area (Å²) >= 11 is 0. The number of benzene rings is 1. The zero-order chi connectivity index (χ0) is 24.0. The Morgan fingerprint density at radius 3 is 2.59 bits per heavy atom. The Morgan fingerprint density at radius 2 is 1.85 bits per heavy atom. The summed E-state index contributed by atoms with van der Waals surface area (Å²) in [5, 5.41) is 0. The van der Waals surface area contributed by atoms with Crippen LogP contribution in [0.15, 0.2) is 35.3 Å². The number of halogens is 2. The van der Waals surface area contributed by atoms with Crippen molar-refractivity contribution in [3.8, 4) is 0 Å². The highest BCUT2D eigenvalue weighted by atomic mass is 19.1. The number of rotatable bonds is 4. The number of carbonyl (C=O) groups excluding carboxylic acids is 1. The molecule has 2 aromatic heterocycles. The van der Waals surface area contributed by atoms with Crippen LogP contribution in [0.4, 0.5) is 20.3 Å². The Balaban J connectivity index is 1.64. The van der Waals surface area contributed by atoms with E-state index in [1.54, 1.807) is 25.1 Å². The summed E-state index contributed by atoms with van der Waals surface area (Å²) in [6.07, 6.45) is 1.86. The van der Waals surface area contributed by atoms with Crippen molar-refractivity contribution in [2.45, 2.75) is 13.0 Å². The fraction of sp³-hybridized carbons (Fsp3) is 0.375. The molecule has 1 saturated heterocycles. The van der Waals surface area contributed by atoms with Crippen LogP contribution >= 0.6 is 0 Å². The monoisotopic (exact) mass is 469 g/mol. The summed E-state index contributed by atoms with van der Waals surface area (Å²) in [7, 11) is 3.26. The maximum Gasteiger partial charge on any atom is 0.259 e. The highest BCUT2D eigenvalue weighted by molar-refractivity contribution is 5.94. The molecule has 3 aromatic rings. The van der Waals surface area contributed by atoms with Crippen molar-refractivity contribution in [1.82, 2.24) is 14.3 Å². The third-order valence-corrected chi connectivity index (χ3v) is 6.30. The van der Waals surface area contributed by atoms with E-state index in [0.717, 1.165) is 12.1 Å².